The molecular formula is C16H22Cl3N5O2. The van der Waals surface area contributed by atoms with E-state index in [9.17, 15) is 4.79 Å². The molecular weight excluding hydrogens is 401 g/mol. The molecule has 0 saturated carbocycles. The second kappa shape index (κ2) is 10.6. The molecule has 26 heavy (non-hydrogen) atoms. The van der Waals surface area contributed by atoms with Crippen LogP contribution in [0.4, 0.5) is 0 Å². The lowest BCUT2D eigenvalue weighted by Crippen LogP contribution is -2.55. The number of aromatic nitrogens is 3. The maximum absolute atomic E-state index is 12.8. The summed E-state index contributed by atoms with van der Waals surface area (Å²) in [6.07, 6.45) is 6.49. The fourth-order valence-corrected chi connectivity index (χ4v) is 2.97. The van der Waals surface area contributed by atoms with Gasteiger partial charge in [0.25, 0.3) is 0 Å². The van der Waals surface area contributed by atoms with Gasteiger partial charge in [-0.25, -0.2) is 4.98 Å². The lowest BCUT2D eigenvalue weighted by molar-refractivity contribution is -0.132. The summed E-state index contributed by atoms with van der Waals surface area (Å²) in [5.74, 6) is 0.456. The van der Waals surface area contributed by atoms with Crippen molar-refractivity contribution in [1.82, 2.24) is 25.4 Å². The molecule has 0 aromatic carbocycles. The molecule has 0 aliphatic carbocycles. The Balaban J connectivity index is 0.00000169. The van der Waals surface area contributed by atoms with Crippen LogP contribution < -0.4 is 15.4 Å². The highest BCUT2D eigenvalue weighted by Gasteiger charge is 2.41. The van der Waals surface area contributed by atoms with Crippen LogP contribution in [-0.2, 0) is 10.3 Å². The van der Waals surface area contributed by atoms with Crippen molar-refractivity contribution in [1.29, 1.82) is 0 Å². The molecule has 7 nitrogen and oxygen atoms in total. The standard InChI is InChI=1S/C16H20ClN5O2.2ClH/c17-13-2-3-14(20-12-13)24-11-9-19-15(23)16(4-7-18-8-5-16)22-10-1-6-21-22;;/h1-3,6,10,12,18H,4-5,7-9,11H2,(H,19,23);2*1H. The van der Waals surface area contributed by atoms with Crippen molar-refractivity contribution in [2.75, 3.05) is 26.2 Å². The molecule has 1 aliphatic heterocycles. The van der Waals surface area contributed by atoms with Gasteiger partial charge in [0.05, 0.1) is 11.6 Å². The lowest BCUT2D eigenvalue weighted by Gasteiger charge is -2.36. The fraction of sp³-hybridized carbons (Fsp3) is 0.438. The van der Waals surface area contributed by atoms with Crippen molar-refractivity contribution >= 4 is 42.3 Å². The van der Waals surface area contributed by atoms with E-state index in [1.54, 1.807) is 23.0 Å². The largest absolute Gasteiger partial charge is 0.476 e. The predicted octanol–water partition coefficient (Wildman–Crippen LogP) is 2.05. The number of hydrogen-bond donors (Lipinski definition) is 2. The molecule has 144 valence electrons. The highest BCUT2D eigenvalue weighted by molar-refractivity contribution is 6.30. The van der Waals surface area contributed by atoms with E-state index in [1.165, 1.54) is 6.20 Å². The molecule has 0 atom stereocenters. The van der Waals surface area contributed by atoms with Crippen molar-refractivity contribution in [2.24, 2.45) is 0 Å². The number of carbonyl (C=O) groups excluding carboxylic acids is 1. The van der Waals surface area contributed by atoms with Crippen LogP contribution in [0.2, 0.25) is 5.02 Å². The lowest BCUT2D eigenvalue weighted by atomic mass is 9.87. The van der Waals surface area contributed by atoms with Crippen LogP contribution in [0.3, 0.4) is 0 Å². The van der Waals surface area contributed by atoms with Gasteiger partial charge >= 0.3 is 0 Å². The van der Waals surface area contributed by atoms with Crippen molar-refractivity contribution in [2.45, 2.75) is 18.4 Å². The first kappa shape index (κ1) is 22.5. The first-order valence-electron chi connectivity index (χ1n) is 7.94. The Labute approximate surface area is 169 Å². The molecule has 10 heteroatoms. The van der Waals surface area contributed by atoms with Crippen LogP contribution in [-0.4, -0.2) is 46.9 Å². The minimum Gasteiger partial charge on any atom is -0.476 e. The van der Waals surface area contributed by atoms with Crippen molar-refractivity contribution in [3.8, 4) is 5.88 Å². The number of piperidine rings is 1. The minimum atomic E-state index is -0.632. The quantitative estimate of drug-likeness (QED) is 0.696. The summed E-state index contributed by atoms with van der Waals surface area (Å²) in [5.41, 5.74) is -0.632. The van der Waals surface area contributed by atoms with E-state index >= 15 is 0 Å². The van der Waals surface area contributed by atoms with Crippen LogP contribution >= 0.6 is 36.4 Å². The summed E-state index contributed by atoms with van der Waals surface area (Å²) in [7, 11) is 0. The number of halogens is 3. The Morgan fingerprint density at radius 3 is 2.73 bits per heavy atom. The third kappa shape index (κ3) is 5.23. The summed E-state index contributed by atoms with van der Waals surface area (Å²) < 4.78 is 7.27. The van der Waals surface area contributed by atoms with Crippen LogP contribution in [0.5, 0.6) is 5.88 Å². The molecule has 0 bridgehead atoms. The van der Waals surface area contributed by atoms with Gasteiger partial charge in [0.15, 0.2) is 0 Å². The van der Waals surface area contributed by atoms with E-state index in [-0.39, 0.29) is 30.7 Å². The molecule has 2 N–H and O–H groups in total. The van der Waals surface area contributed by atoms with Crippen LogP contribution in [0.25, 0.3) is 0 Å². The van der Waals surface area contributed by atoms with E-state index in [1.807, 2.05) is 12.3 Å². The summed E-state index contributed by atoms with van der Waals surface area (Å²) in [4.78, 5) is 16.8. The second-order valence-corrected chi connectivity index (χ2v) is 6.09. The highest BCUT2D eigenvalue weighted by atomic mass is 35.5. The predicted molar refractivity (Wildman–Crippen MR) is 105 cm³/mol. The van der Waals surface area contributed by atoms with Gasteiger partial charge in [0.1, 0.15) is 12.1 Å². The summed E-state index contributed by atoms with van der Waals surface area (Å²) in [6.45, 7) is 2.32. The number of amides is 1. The number of pyridine rings is 1. The highest BCUT2D eigenvalue weighted by Crippen LogP contribution is 2.27. The summed E-state index contributed by atoms with van der Waals surface area (Å²) in [5, 5.41) is 11.1. The van der Waals surface area contributed by atoms with Gasteiger partial charge in [-0.3, -0.25) is 9.48 Å². The zero-order valence-corrected chi connectivity index (χ0v) is 16.4. The van der Waals surface area contributed by atoms with Gasteiger partial charge in [-0.1, -0.05) is 11.6 Å². The van der Waals surface area contributed by atoms with Gasteiger partial charge in [-0.15, -0.1) is 24.8 Å². The van der Waals surface area contributed by atoms with Gasteiger partial charge < -0.3 is 15.4 Å². The Morgan fingerprint density at radius 1 is 1.35 bits per heavy atom. The number of carbonyl (C=O) groups is 1. The van der Waals surface area contributed by atoms with Gasteiger partial charge in [0.2, 0.25) is 11.8 Å². The number of rotatable bonds is 6. The SMILES string of the molecule is Cl.Cl.O=C(NCCOc1ccc(Cl)cn1)C1(n2cccn2)CCNCC1. The smallest absolute Gasteiger partial charge is 0.248 e. The third-order valence-corrected chi connectivity index (χ3v) is 4.36. The maximum atomic E-state index is 12.8. The van der Waals surface area contributed by atoms with E-state index < -0.39 is 5.54 Å². The molecule has 0 unspecified atom stereocenters. The van der Waals surface area contributed by atoms with E-state index in [0.29, 0.717) is 36.9 Å². The monoisotopic (exact) mass is 421 g/mol. The molecule has 1 saturated heterocycles. The average molecular weight is 423 g/mol. The van der Waals surface area contributed by atoms with E-state index in [0.717, 1.165) is 13.1 Å². The topological polar surface area (TPSA) is 81.1 Å². The van der Waals surface area contributed by atoms with Crippen LogP contribution in [0.1, 0.15) is 12.8 Å². The summed E-state index contributed by atoms with van der Waals surface area (Å²) >= 11 is 5.78. The summed E-state index contributed by atoms with van der Waals surface area (Å²) in [6, 6.07) is 5.25. The minimum absolute atomic E-state index is 0. The number of hydrogen-bond acceptors (Lipinski definition) is 5. The second-order valence-electron chi connectivity index (χ2n) is 5.65. The van der Waals surface area contributed by atoms with Crippen LogP contribution in [0.15, 0.2) is 36.8 Å². The van der Waals surface area contributed by atoms with Crippen molar-refractivity contribution in [3.05, 3.63) is 41.8 Å². The van der Waals surface area contributed by atoms with Gasteiger partial charge in [-0.05, 0) is 38.1 Å². The molecule has 1 fully saturated rings. The van der Waals surface area contributed by atoms with E-state index in [4.69, 9.17) is 16.3 Å². The molecule has 3 heterocycles. The first-order valence-corrected chi connectivity index (χ1v) is 8.32. The Kier molecular flexibility index (Phi) is 9.15. The molecule has 1 aliphatic rings. The molecule has 3 rings (SSSR count). The Morgan fingerprint density at radius 2 is 2.12 bits per heavy atom. The van der Waals surface area contributed by atoms with E-state index in [2.05, 4.69) is 20.7 Å². The molecule has 1 amide bonds. The van der Waals surface area contributed by atoms with Crippen molar-refractivity contribution < 1.29 is 9.53 Å². The number of nitrogens with one attached hydrogen (secondary N) is 2. The molecule has 0 spiro atoms. The molecule has 2 aromatic heterocycles. The zero-order valence-electron chi connectivity index (χ0n) is 14.1. The maximum Gasteiger partial charge on any atom is 0.248 e. The van der Waals surface area contributed by atoms with Crippen molar-refractivity contribution in [3.63, 3.8) is 0 Å². The van der Waals surface area contributed by atoms with Gasteiger partial charge in [-0.2, -0.15) is 5.10 Å². The van der Waals surface area contributed by atoms with Gasteiger partial charge in [0, 0.05) is 24.7 Å². The normalized spacial score (nSPS) is 15.3. The zero-order chi connectivity index (χ0) is 16.8. The molecule has 0 radical (unpaired) electrons. The Hall–Kier alpha value is -1.54. The first-order chi connectivity index (χ1) is 11.7. The molecule has 2 aromatic rings. The number of ether oxygens (including phenoxy) is 1. The Bertz CT molecular complexity index is 661. The average Bonchev–Trinajstić information content (AvgIpc) is 3.16. The fourth-order valence-electron chi connectivity index (χ4n) is 2.85. The number of nitrogens with zero attached hydrogens (tertiary/aromatic N) is 3. The third-order valence-electron chi connectivity index (χ3n) is 4.13. The van der Waals surface area contributed by atoms with Crippen LogP contribution in [0, 0.1) is 0 Å².